The predicted molar refractivity (Wildman–Crippen MR) is 71.9 cm³/mol. The molecule has 0 aromatic heterocycles. The van der Waals surface area contributed by atoms with Crippen molar-refractivity contribution in [2.24, 2.45) is 0 Å². The number of halogens is 2. The summed E-state index contributed by atoms with van der Waals surface area (Å²) in [5.41, 5.74) is 0.266. The Morgan fingerprint density at radius 2 is 2.19 bits per heavy atom. The molecule has 0 bridgehead atoms. The molecule has 1 aromatic rings. The van der Waals surface area contributed by atoms with E-state index in [2.05, 4.69) is 12.2 Å². The highest BCUT2D eigenvalue weighted by molar-refractivity contribution is 14.1. The van der Waals surface area contributed by atoms with Gasteiger partial charge < -0.3 is 5.32 Å². The van der Waals surface area contributed by atoms with Gasteiger partial charge in [0.05, 0.1) is 5.69 Å². The fraction of sp³-hybridized carbons (Fsp3) is 0.417. The van der Waals surface area contributed by atoms with Crippen LogP contribution in [-0.2, 0) is 4.79 Å². The van der Waals surface area contributed by atoms with Crippen molar-refractivity contribution in [3.63, 3.8) is 0 Å². The van der Waals surface area contributed by atoms with E-state index < -0.39 is 0 Å². The lowest BCUT2D eigenvalue weighted by molar-refractivity contribution is -0.116. The molecule has 0 saturated heterocycles. The van der Waals surface area contributed by atoms with E-state index in [9.17, 15) is 9.18 Å². The van der Waals surface area contributed by atoms with E-state index in [0.717, 1.165) is 22.8 Å². The molecule has 0 radical (unpaired) electrons. The summed E-state index contributed by atoms with van der Waals surface area (Å²) in [5, 5.41) is 2.58. The Morgan fingerprint density at radius 3 is 2.81 bits per heavy atom. The Hall–Kier alpha value is -0.650. The zero-order valence-corrected chi connectivity index (χ0v) is 11.4. The number of amides is 1. The maximum Gasteiger partial charge on any atom is 0.224 e. The fourth-order valence-electron chi connectivity index (χ4n) is 1.34. The molecule has 0 saturated carbocycles. The van der Waals surface area contributed by atoms with Gasteiger partial charge in [-0.3, -0.25) is 4.79 Å². The number of carbonyl (C=O) groups is 1. The van der Waals surface area contributed by atoms with E-state index in [-0.39, 0.29) is 17.4 Å². The number of rotatable bonds is 5. The van der Waals surface area contributed by atoms with Gasteiger partial charge in [-0.25, -0.2) is 4.39 Å². The zero-order chi connectivity index (χ0) is 12.0. The second-order valence-electron chi connectivity index (χ2n) is 3.63. The second-order valence-corrected chi connectivity index (χ2v) is 4.88. The Balaban J connectivity index is 2.49. The van der Waals surface area contributed by atoms with Gasteiger partial charge in [-0.2, -0.15) is 0 Å². The van der Waals surface area contributed by atoms with Crippen LogP contribution in [0.25, 0.3) is 0 Å². The fourth-order valence-corrected chi connectivity index (χ4v) is 1.79. The van der Waals surface area contributed by atoms with Gasteiger partial charge in [-0.1, -0.05) is 19.8 Å². The van der Waals surface area contributed by atoms with Crippen LogP contribution in [0.15, 0.2) is 18.2 Å². The standard InChI is InChI=1S/C12H15FINO/c1-2-3-4-5-12(16)15-11-7-6-9(14)8-10(11)13/h6-8H,2-5H2,1H3,(H,15,16). The molecular formula is C12H15FINO. The molecular weight excluding hydrogens is 320 g/mol. The molecule has 0 atom stereocenters. The van der Waals surface area contributed by atoms with Gasteiger partial charge in [0, 0.05) is 9.99 Å². The van der Waals surface area contributed by atoms with Crippen LogP contribution in [0.5, 0.6) is 0 Å². The Bertz CT molecular complexity index is 368. The first-order chi connectivity index (χ1) is 7.63. The number of unbranched alkanes of at least 4 members (excludes halogenated alkanes) is 2. The molecule has 0 aliphatic carbocycles. The third-order valence-electron chi connectivity index (χ3n) is 2.21. The summed E-state index contributed by atoms with van der Waals surface area (Å²) in [7, 11) is 0. The molecule has 2 nitrogen and oxygen atoms in total. The maximum absolute atomic E-state index is 13.4. The Labute approximate surface area is 109 Å². The van der Waals surface area contributed by atoms with Crippen molar-refractivity contribution in [3.8, 4) is 0 Å². The van der Waals surface area contributed by atoms with Gasteiger partial charge in [0.2, 0.25) is 5.91 Å². The van der Waals surface area contributed by atoms with E-state index in [0.29, 0.717) is 6.42 Å². The van der Waals surface area contributed by atoms with Crippen molar-refractivity contribution < 1.29 is 9.18 Å². The molecule has 0 unspecified atom stereocenters. The largest absolute Gasteiger partial charge is 0.324 e. The highest BCUT2D eigenvalue weighted by atomic mass is 127. The number of benzene rings is 1. The lowest BCUT2D eigenvalue weighted by Gasteiger charge is -2.06. The summed E-state index contributed by atoms with van der Waals surface area (Å²) in [5.74, 6) is -0.496. The average Bonchev–Trinajstić information content (AvgIpc) is 2.23. The lowest BCUT2D eigenvalue weighted by Crippen LogP contribution is -2.12. The van der Waals surface area contributed by atoms with Gasteiger partial charge in [0.15, 0.2) is 0 Å². The van der Waals surface area contributed by atoms with E-state index in [1.165, 1.54) is 6.07 Å². The van der Waals surface area contributed by atoms with E-state index in [1.807, 2.05) is 22.6 Å². The summed E-state index contributed by atoms with van der Waals surface area (Å²) in [4.78, 5) is 11.4. The molecule has 0 aliphatic rings. The van der Waals surface area contributed by atoms with E-state index in [4.69, 9.17) is 0 Å². The van der Waals surface area contributed by atoms with Crippen molar-refractivity contribution in [1.29, 1.82) is 0 Å². The van der Waals surface area contributed by atoms with Crippen molar-refractivity contribution in [1.82, 2.24) is 0 Å². The minimum atomic E-state index is -0.379. The SMILES string of the molecule is CCCCCC(=O)Nc1ccc(I)cc1F. The number of hydrogen-bond acceptors (Lipinski definition) is 1. The average molecular weight is 335 g/mol. The summed E-state index contributed by atoms with van der Waals surface area (Å²) < 4.78 is 14.2. The molecule has 0 spiro atoms. The van der Waals surface area contributed by atoms with Gasteiger partial charge in [0.25, 0.3) is 0 Å². The highest BCUT2D eigenvalue weighted by Crippen LogP contribution is 2.17. The summed E-state index contributed by atoms with van der Waals surface area (Å²) in [6.45, 7) is 2.08. The van der Waals surface area contributed by atoms with Gasteiger partial charge in [-0.15, -0.1) is 0 Å². The maximum atomic E-state index is 13.4. The first-order valence-electron chi connectivity index (χ1n) is 5.38. The first-order valence-corrected chi connectivity index (χ1v) is 6.46. The molecule has 0 heterocycles. The topological polar surface area (TPSA) is 29.1 Å². The van der Waals surface area contributed by atoms with Crippen LogP contribution >= 0.6 is 22.6 Å². The molecule has 1 N–H and O–H groups in total. The summed E-state index contributed by atoms with van der Waals surface area (Å²) in [6, 6.07) is 4.77. The van der Waals surface area contributed by atoms with Crippen LogP contribution in [0.2, 0.25) is 0 Å². The van der Waals surface area contributed by atoms with E-state index in [1.54, 1.807) is 12.1 Å². The van der Waals surface area contributed by atoms with Gasteiger partial charge >= 0.3 is 0 Å². The molecule has 1 aromatic carbocycles. The Kier molecular flexibility index (Phi) is 5.73. The molecule has 1 rings (SSSR count). The molecule has 0 fully saturated rings. The second kappa shape index (κ2) is 6.83. The third kappa shape index (κ3) is 4.47. The van der Waals surface area contributed by atoms with Gasteiger partial charge in [-0.05, 0) is 47.2 Å². The van der Waals surface area contributed by atoms with Crippen LogP contribution in [0.1, 0.15) is 32.6 Å². The minimum absolute atomic E-state index is 0.117. The van der Waals surface area contributed by atoms with Crippen molar-refractivity contribution in [3.05, 3.63) is 27.6 Å². The highest BCUT2D eigenvalue weighted by Gasteiger charge is 2.06. The lowest BCUT2D eigenvalue weighted by atomic mass is 10.2. The molecule has 0 aliphatic heterocycles. The van der Waals surface area contributed by atoms with Gasteiger partial charge in [0.1, 0.15) is 5.82 Å². The number of nitrogens with one attached hydrogen (secondary N) is 1. The number of hydrogen-bond donors (Lipinski definition) is 1. The Morgan fingerprint density at radius 1 is 1.44 bits per heavy atom. The number of anilines is 1. The predicted octanol–water partition coefficient (Wildman–Crippen LogP) is 3.95. The summed E-state index contributed by atoms with van der Waals surface area (Å²) in [6.07, 6.45) is 3.42. The van der Waals surface area contributed by atoms with Crippen molar-refractivity contribution in [2.45, 2.75) is 32.6 Å². The van der Waals surface area contributed by atoms with Crippen LogP contribution < -0.4 is 5.32 Å². The van der Waals surface area contributed by atoms with E-state index >= 15 is 0 Å². The molecule has 88 valence electrons. The van der Waals surface area contributed by atoms with Crippen molar-refractivity contribution >= 4 is 34.2 Å². The first kappa shape index (κ1) is 13.4. The third-order valence-corrected chi connectivity index (χ3v) is 2.88. The van der Waals surface area contributed by atoms with Crippen LogP contribution in [-0.4, -0.2) is 5.91 Å². The summed E-state index contributed by atoms with van der Waals surface area (Å²) >= 11 is 2.03. The molecule has 16 heavy (non-hydrogen) atoms. The molecule has 4 heteroatoms. The van der Waals surface area contributed by atoms with Crippen LogP contribution in [0.4, 0.5) is 10.1 Å². The monoisotopic (exact) mass is 335 g/mol. The minimum Gasteiger partial charge on any atom is -0.324 e. The molecule has 1 amide bonds. The van der Waals surface area contributed by atoms with Crippen molar-refractivity contribution in [2.75, 3.05) is 5.32 Å². The smallest absolute Gasteiger partial charge is 0.224 e. The van der Waals surface area contributed by atoms with Crippen LogP contribution in [0, 0.1) is 9.39 Å². The normalized spacial score (nSPS) is 10.2. The van der Waals surface area contributed by atoms with Crippen LogP contribution in [0.3, 0.4) is 0 Å². The zero-order valence-electron chi connectivity index (χ0n) is 9.22. The quantitative estimate of drug-likeness (QED) is 0.641. The number of carbonyl (C=O) groups excluding carboxylic acids is 1.